The minimum Gasteiger partial charge on any atom is -0.423 e. The molecule has 0 fully saturated rings. The van der Waals surface area contributed by atoms with Crippen molar-refractivity contribution in [2.45, 2.75) is 0 Å². The molecule has 0 N–H and O–H groups in total. The van der Waals surface area contributed by atoms with Gasteiger partial charge in [-0.2, -0.15) is 0 Å². The summed E-state index contributed by atoms with van der Waals surface area (Å²) in [5.74, 6) is -0.821. The number of hydrogen-bond acceptors (Lipinski definition) is 6. The van der Waals surface area contributed by atoms with Gasteiger partial charge in [-0.1, -0.05) is 15.9 Å². The van der Waals surface area contributed by atoms with Crippen LogP contribution in [0, 0.1) is 10.1 Å². The fourth-order valence-corrected chi connectivity index (χ4v) is 2.41. The van der Waals surface area contributed by atoms with E-state index in [1.165, 1.54) is 30.3 Å². The van der Waals surface area contributed by atoms with Crippen molar-refractivity contribution in [2.75, 3.05) is 0 Å². The third kappa shape index (κ3) is 3.18. The van der Waals surface area contributed by atoms with Gasteiger partial charge >= 0.3 is 11.6 Å². The van der Waals surface area contributed by atoms with Crippen molar-refractivity contribution in [3.8, 4) is 5.75 Å². The molecule has 0 aliphatic rings. The first kappa shape index (κ1) is 15.9. The van der Waals surface area contributed by atoms with Crippen LogP contribution < -0.4 is 10.4 Å². The first-order valence-corrected chi connectivity index (χ1v) is 7.43. The lowest BCUT2D eigenvalue weighted by Gasteiger charge is -2.04. The molecule has 1 aromatic heterocycles. The summed E-state index contributed by atoms with van der Waals surface area (Å²) in [4.78, 5) is 34.1. The second kappa shape index (κ2) is 6.25. The van der Waals surface area contributed by atoms with Crippen LogP contribution in [-0.4, -0.2) is 10.9 Å². The molecule has 120 valence electrons. The Morgan fingerprint density at radius 1 is 1.12 bits per heavy atom. The molecule has 2 aromatic carbocycles. The highest BCUT2D eigenvalue weighted by Crippen LogP contribution is 2.21. The summed E-state index contributed by atoms with van der Waals surface area (Å²) in [6.07, 6.45) is 0. The van der Waals surface area contributed by atoms with Crippen LogP contribution in [0.5, 0.6) is 5.75 Å². The van der Waals surface area contributed by atoms with Gasteiger partial charge in [0.05, 0.1) is 4.92 Å². The maximum Gasteiger partial charge on any atom is 0.351 e. The second-order valence-corrected chi connectivity index (χ2v) is 5.69. The molecular formula is C16H8BrNO6. The normalized spacial score (nSPS) is 10.5. The number of carbonyl (C=O) groups excluding carboxylic acids is 1. The molecule has 0 saturated carbocycles. The van der Waals surface area contributed by atoms with Crippen molar-refractivity contribution in [3.63, 3.8) is 0 Å². The van der Waals surface area contributed by atoms with Gasteiger partial charge in [-0.25, -0.2) is 9.59 Å². The molecule has 0 spiro atoms. The maximum atomic E-state index is 12.2. The first-order valence-electron chi connectivity index (χ1n) is 6.64. The van der Waals surface area contributed by atoms with Gasteiger partial charge < -0.3 is 9.15 Å². The van der Waals surface area contributed by atoms with Crippen LogP contribution >= 0.6 is 15.9 Å². The Kier molecular flexibility index (Phi) is 4.13. The zero-order valence-electron chi connectivity index (χ0n) is 11.9. The molecule has 7 nitrogen and oxygen atoms in total. The Bertz CT molecular complexity index is 1010. The number of nitro groups is 1. The van der Waals surface area contributed by atoms with Crippen LogP contribution in [0.3, 0.4) is 0 Å². The molecule has 1 heterocycles. The number of hydrogen-bond donors (Lipinski definition) is 0. The van der Waals surface area contributed by atoms with Gasteiger partial charge in [0, 0.05) is 22.0 Å². The summed E-state index contributed by atoms with van der Waals surface area (Å²) in [6, 6.07) is 11.3. The van der Waals surface area contributed by atoms with Crippen LogP contribution in [0.2, 0.25) is 0 Å². The average Bonchev–Trinajstić information content (AvgIpc) is 2.55. The van der Waals surface area contributed by atoms with E-state index < -0.39 is 16.5 Å². The van der Waals surface area contributed by atoms with Crippen molar-refractivity contribution < 1.29 is 18.9 Å². The van der Waals surface area contributed by atoms with Gasteiger partial charge in [0.1, 0.15) is 16.9 Å². The monoisotopic (exact) mass is 389 g/mol. The highest BCUT2D eigenvalue weighted by Gasteiger charge is 2.17. The van der Waals surface area contributed by atoms with Crippen LogP contribution in [0.1, 0.15) is 10.4 Å². The minimum absolute atomic E-state index is 0.0827. The van der Waals surface area contributed by atoms with Crippen LogP contribution in [-0.2, 0) is 0 Å². The number of halogens is 1. The van der Waals surface area contributed by atoms with Gasteiger partial charge in [-0.05, 0) is 36.4 Å². The molecule has 3 aromatic rings. The molecule has 24 heavy (non-hydrogen) atoms. The lowest BCUT2D eigenvalue weighted by molar-refractivity contribution is -0.384. The third-order valence-corrected chi connectivity index (χ3v) is 3.67. The van der Waals surface area contributed by atoms with Gasteiger partial charge in [-0.15, -0.1) is 0 Å². The summed E-state index contributed by atoms with van der Waals surface area (Å²) in [7, 11) is 0. The molecule has 0 saturated heterocycles. The topological polar surface area (TPSA) is 99.7 Å². The summed E-state index contributed by atoms with van der Waals surface area (Å²) >= 11 is 3.29. The summed E-state index contributed by atoms with van der Waals surface area (Å²) in [5.41, 5.74) is -0.879. The van der Waals surface area contributed by atoms with E-state index in [1.807, 2.05) is 0 Å². The van der Waals surface area contributed by atoms with Gasteiger partial charge in [0.2, 0.25) is 0 Å². The fraction of sp³-hybridized carbons (Fsp3) is 0. The van der Waals surface area contributed by atoms with E-state index in [0.29, 0.717) is 11.0 Å². The summed E-state index contributed by atoms with van der Waals surface area (Å²) in [5, 5.41) is 11.1. The van der Waals surface area contributed by atoms with Crippen molar-refractivity contribution >= 4 is 38.6 Å². The molecule has 0 amide bonds. The fourth-order valence-electron chi connectivity index (χ4n) is 2.03. The van der Waals surface area contributed by atoms with E-state index in [1.54, 1.807) is 18.2 Å². The zero-order chi connectivity index (χ0) is 17.3. The van der Waals surface area contributed by atoms with Crippen molar-refractivity contribution in [1.29, 1.82) is 0 Å². The Hall–Kier alpha value is -3.00. The Balaban J connectivity index is 1.91. The van der Waals surface area contributed by atoms with Gasteiger partial charge in [-0.3, -0.25) is 10.1 Å². The second-order valence-electron chi connectivity index (χ2n) is 4.77. The minimum atomic E-state index is -0.903. The number of nitrogens with zero attached hydrogens (tertiary/aromatic N) is 1. The van der Waals surface area contributed by atoms with Gasteiger partial charge in [0.25, 0.3) is 5.69 Å². The van der Waals surface area contributed by atoms with E-state index in [0.717, 1.165) is 4.47 Å². The molecule has 0 aliphatic heterocycles. The lowest BCUT2D eigenvalue weighted by atomic mass is 10.2. The third-order valence-electron chi connectivity index (χ3n) is 3.17. The largest absolute Gasteiger partial charge is 0.423 e. The molecule has 0 bridgehead atoms. The number of non-ortho nitro benzene ring substituents is 1. The highest BCUT2D eigenvalue weighted by molar-refractivity contribution is 9.10. The predicted molar refractivity (Wildman–Crippen MR) is 88.2 cm³/mol. The van der Waals surface area contributed by atoms with Gasteiger partial charge in [0.15, 0.2) is 0 Å². The number of benzene rings is 2. The van der Waals surface area contributed by atoms with Crippen LogP contribution in [0.15, 0.2) is 62.2 Å². The Morgan fingerprint density at radius 3 is 2.50 bits per heavy atom. The predicted octanol–water partition coefficient (Wildman–Crippen LogP) is 3.68. The van der Waals surface area contributed by atoms with E-state index in [4.69, 9.17) is 9.15 Å². The number of ether oxygens (including phenoxy) is 1. The molecule has 0 unspecified atom stereocenters. The molecule has 0 atom stereocenters. The Morgan fingerprint density at radius 2 is 1.83 bits per heavy atom. The van der Waals surface area contributed by atoms with Crippen LogP contribution in [0.4, 0.5) is 5.69 Å². The number of fused-ring (bicyclic) bond motifs is 1. The quantitative estimate of drug-likeness (QED) is 0.222. The molecule has 0 radical (unpaired) electrons. The van der Waals surface area contributed by atoms with Crippen molar-refractivity contribution in [3.05, 3.63) is 79.1 Å². The highest BCUT2D eigenvalue weighted by atomic mass is 79.9. The number of nitro benzene ring substituents is 1. The van der Waals surface area contributed by atoms with E-state index in [-0.39, 0.29) is 17.0 Å². The maximum absolute atomic E-state index is 12.2. The van der Waals surface area contributed by atoms with Crippen molar-refractivity contribution in [1.82, 2.24) is 0 Å². The molecule has 8 heteroatoms. The van der Waals surface area contributed by atoms with E-state index in [9.17, 15) is 19.7 Å². The average molecular weight is 390 g/mol. The standard InChI is InChI=1S/C16H8BrNO6/c17-10-1-6-14-9(7-10)8-13(16(20)24-14)15(19)23-12-4-2-11(3-5-12)18(21)22/h1-8H. The SMILES string of the molecule is O=C(Oc1ccc([N+](=O)[O-])cc1)c1cc2cc(Br)ccc2oc1=O. The summed E-state index contributed by atoms with van der Waals surface area (Å²) in [6.45, 7) is 0. The van der Waals surface area contributed by atoms with Crippen LogP contribution in [0.25, 0.3) is 11.0 Å². The molecule has 0 aliphatic carbocycles. The number of carbonyl (C=O) groups is 1. The zero-order valence-corrected chi connectivity index (χ0v) is 13.5. The number of rotatable bonds is 3. The van der Waals surface area contributed by atoms with Crippen molar-refractivity contribution in [2.24, 2.45) is 0 Å². The molecule has 3 rings (SSSR count). The Labute approximate surface area is 142 Å². The van der Waals surface area contributed by atoms with E-state index in [2.05, 4.69) is 15.9 Å². The summed E-state index contributed by atoms with van der Waals surface area (Å²) < 4.78 is 10.9. The first-order chi connectivity index (χ1) is 11.4. The lowest BCUT2D eigenvalue weighted by Crippen LogP contribution is -2.18. The molecular weight excluding hydrogens is 382 g/mol. The smallest absolute Gasteiger partial charge is 0.351 e. The number of esters is 1. The van der Waals surface area contributed by atoms with E-state index >= 15 is 0 Å².